The van der Waals surface area contributed by atoms with Gasteiger partial charge in [0.15, 0.2) is 0 Å². The highest BCUT2D eigenvalue weighted by atomic mass is 16.3. The Morgan fingerprint density at radius 3 is 1.71 bits per heavy atom. The van der Waals surface area contributed by atoms with Crippen molar-refractivity contribution in [2.45, 2.75) is 46.1 Å². The second-order valence-electron chi connectivity index (χ2n) is 3.35. The Labute approximate surface area is 87.8 Å². The summed E-state index contributed by atoms with van der Waals surface area (Å²) in [5.41, 5.74) is 0.965. The topological polar surface area (TPSA) is 20.2 Å². The first-order valence-electron chi connectivity index (χ1n) is 5.49. The summed E-state index contributed by atoms with van der Waals surface area (Å²) >= 11 is 0. The predicted molar refractivity (Wildman–Crippen MR) is 62.2 cm³/mol. The van der Waals surface area contributed by atoms with Crippen molar-refractivity contribution in [3.63, 3.8) is 0 Å². The third kappa shape index (κ3) is 7.81. The second-order valence-corrected chi connectivity index (χ2v) is 3.35. The summed E-state index contributed by atoms with van der Waals surface area (Å²) < 4.78 is 0. The molecule has 0 saturated carbocycles. The maximum absolute atomic E-state index is 8.54. The van der Waals surface area contributed by atoms with Gasteiger partial charge in [-0.1, -0.05) is 69.9 Å². The molecule has 0 saturated heterocycles. The molecule has 14 heavy (non-hydrogen) atoms. The van der Waals surface area contributed by atoms with Gasteiger partial charge in [-0.2, -0.15) is 0 Å². The smallest absolute Gasteiger partial charge is 0.0681 e. The number of rotatable bonds is 4. The van der Waals surface area contributed by atoms with E-state index in [-0.39, 0.29) is 6.61 Å². The van der Waals surface area contributed by atoms with Gasteiger partial charge < -0.3 is 5.11 Å². The number of hydrogen-bond acceptors (Lipinski definition) is 1. The van der Waals surface area contributed by atoms with Crippen LogP contribution >= 0.6 is 0 Å². The minimum absolute atomic E-state index is 0.140. The van der Waals surface area contributed by atoms with Gasteiger partial charge in [0.05, 0.1) is 6.61 Å². The van der Waals surface area contributed by atoms with Crippen LogP contribution in [-0.2, 0) is 6.61 Å². The normalized spacial score (nSPS) is 9.07. The maximum Gasteiger partial charge on any atom is 0.0681 e. The van der Waals surface area contributed by atoms with Crippen molar-refractivity contribution in [1.29, 1.82) is 0 Å². The van der Waals surface area contributed by atoms with Gasteiger partial charge in [0.1, 0.15) is 0 Å². The molecule has 0 heterocycles. The van der Waals surface area contributed by atoms with Crippen molar-refractivity contribution >= 4 is 0 Å². The number of unbranched alkanes of at least 4 members (excludes halogenated alkanes) is 3. The van der Waals surface area contributed by atoms with Gasteiger partial charge in [0, 0.05) is 0 Å². The molecular formula is C13H22O. The van der Waals surface area contributed by atoms with E-state index in [1.165, 1.54) is 25.7 Å². The SMILES string of the molecule is CCCCCC.OCc1ccccc1. The molecule has 1 aromatic carbocycles. The number of hydrogen-bond donors (Lipinski definition) is 1. The minimum Gasteiger partial charge on any atom is -0.392 e. The highest BCUT2D eigenvalue weighted by Gasteiger charge is 1.81. The molecule has 0 aliphatic carbocycles. The first-order valence-corrected chi connectivity index (χ1v) is 5.49. The van der Waals surface area contributed by atoms with Gasteiger partial charge >= 0.3 is 0 Å². The first-order chi connectivity index (χ1) is 6.85. The summed E-state index contributed by atoms with van der Waals surface area (Å²) in [5, 5.41) is 8.54. The Balaban J connectivity index is 0.000000255. The Bertz CT molecular complexity index is 190. The van der Waals surface area contributed by atoms with Crippen LogP contribution in [0.1, 0.15) is 45.1 Å². The fourth-order valence-electron chi connectivity index (χ4n) is 1.08. The van der Waals surface area contributed by atoms with Crippen molar-refractivity contribution in [2.75, 3.05) is 0 Å². The van der Waals surface area contributed by atoms with E-state index >= 15 is 0 Å². The van der Waals surface area contributed by atoms with Crippen molar-refractivity contribution in [1.82, 2.24) is 0 Å². The number of aliphatic hydroxyl groups is 1. The van der Waals surface area contributed by atoms with Gasteiger partial charge in [-0.3, -0.25) is 0 Å². The molecular weight excluding hydrogens is 172 g/mol. The average Bonchev–Trinajstić information content (AvgIpc) is 2.28. The van der Waals surface area contributed by atoms with E-state index in [1.807, 2.05) is 30.3 Å². The second kappa shape index (κ2) is 10.3. The van der Waals surface area contributed by atoms with Crippen LogP contribution < -0.4 is 0 Å². The molecule has 1 heteroatoms. The van der Waals surface area contributed by atoms with Gasteiger partial charge in [-0.05, 0) is 5.56 Å². The summed E-state index contributed by atoms with van der Waals surface area (Å²) in [6, 6.07) is 9.52. The molecule has 0 aliphatic rings. The highest BCUT2D eigenvalue weighted by molar-refractivity contribution is 5.12. The summed E-state index contributed by atoms with van der Waals surface area (Å²) in [6.45, 7) is 4.60. The maximum atomic E-state index is 8.54. The quantitative estimate of drug-likeness (QED) is 0.723. The Hall–Kier alpha value is -0.820. The first kappa shape index (κ1) is 13.2. The number of aliphatic hydroxyl groups excluding tert-OH is 1. The molecule has 1 nitrogen and oxygen atoms in total. The summed E-state index contributed by atoms with van der Waals surface area (Å²) in [5.74, 6) is 0. The lowest BCUT2D eigenvalue weighted by atomic mass is 10.2. The number of benzene rings is 1. The van der Waals surface area contributed by atoms with E-state index in [0.29, 0.717) is 0 Å². The molecule has 80 valence electrons. The Morgan fingerprint density at radius 1 is 0.929 bits per heavy atom. The van der Waals surface area contributed by atoms with E-state index in [4.69, 9.17) is 5.11 Å². The van der Waals surface area contributed by atoms with E-state index in [1.54, 1.807) is 0 Å². The Morgan fingerprint density at radius 2 is 1.43 bits per heavy atom. The third-order valence-electron chi connectivity index (χ3n) is 1.98. The molecule has 0 fully saturated rings. The summed E-state index contributed by atoms with van der Waals surface area (Å²) in [7, 11) is 0. The third-order valence-corrected chi connectivity index (χ3v) is 1.98. The molecule has 1 N–H and O–H groups in total. The lowest BCUT2D eigenvalue weighted by Crippen LogP contribution is -1.77. The lowest BCUT2D eigenvalue weighted by Gasteiger charge is -1.89. The van der Waals surface area contributed by atoms with Gasteiger partial charge in [-0.15, -0.1) is 0 Å². The standard InChI is InChI=1S/C7H8O.C6H14/c8-6-7-4-2-1-3-5-7;1-3-5-6-4-2/h1-5,8H,6H2;3-6H2,1-2H3. The van der Waals surface area contributed by atoms with Gasteiger partial charge in [0.25, 0.3) is 0 Å². The van der Waals surface area contributed by atoms with Crippen LogP contribution in [0.25, 0.3) is 0 Å². The zero-order valence-corrected chi connectivity index (χ0v) is 9.37. The molecule has 0 aromatic heterocycles. The zero-order chi connectivity index (χ0) is 10.6. The molecule has 0 aliphatic heterocycles. The average molecular weight is 194 g/mol. The van der Waals surface area contributed by atoms with Crippen molar-refractivity contribution in [3.8, 4) is 0 Å². The highest BCUT2D eigenvalue weighted by Crippen LogP contribution is 1.96. The fraction of sp³-hybridized carbons (Fsp3) is 0.538. The molecule has 0 atom stereocenters. The van der Waals surface area contributed by atoms with Crippen LogP contribution in [0.2, 0.25) is 0 Å². The molecule has 0 amide bonds. The molecule has 0 radical (unpaired) electrons. The van der Waals surface area contributed by atoms with Crippen LogP contribution in [0.5, 0.6) is 0 Å². The van der Waals surface area contributed by atoms with E-state index in [0.717, 1.165) is 5.56 Å². The van der Waals surface area contributed by atoms with Gasteiger partial charge in [0.2, 0.25) is 0 Å². The van der Waals surface area contributed by atoms with E-state index < -0.39 is 0 Å². The summed E-state index contributed by atoms with van der Waals surface area (Å²) in [4.78, 5) is 0. The molecule has 0 bridgehead atoms. The van der Waals surface area contributed by atoms with Crippen molar-refractivity contribution in [2.24, 2.45) is 0 Å². The Kier molecular flexibility index (Phi) is 9.66. The van der Waals surface area contributed by atoms with Crippen molar-refractivity contribution < 1.29 is 5.11 Å². The molecule has 0 spiro atoms. The van der Waals surface area contributed by atoms with Crippen LogP contribution in [0.3, 0.4) is 0 Å². The van der Waals surface area contributed by atoms with Crippen LogP contribution in [0.15, 0.2) is 30.3 Å². The predicted octanol–water partition coefficient (Wildman–Crippen LogP) is 3.77. The molecule has 1 rings (SSSR count). The lowest BCUT2D eigenvalue weighted by molar-refractivity contribution is 0.282. The molecule has 1 aromatic rings. The molecule has 0 unspecified atom stereocenters. The zero-order valence-electron chi connectivity index (χ0n) is 9.37. The van der Waals surface area contributed by atoms with Gasteiger partial charge in [-0.25, -0.2) is 0 Å². The summed E-state index contributed by atoms with van der Waals surface area (Å²) in [6.07, 6.45) is 5.54. The minimum atomic E-state index is 0.140. The fourth-order valence-corrected chi connectivity index (χ4v) is 1.08. The monoisotopic (exact) mass is 194 g/mol. The van der Waals surface area contributed by atoms with E-state index in [9.17, 15) is 0 Å². The van der Waals surface area contributed by atoms with E-state index in [2.05, 4.69) is 13.8 Å². The van der Waals surface area contributed by atoms with Crippen LogP contribution in [0.4, 0.5) is 0 Å². The largest absolute Gasteiger partial charge is 0.392 e. The van der Waals surface area contributed by atoms with Crippen LogP contribution in [0, 0.1) is 0 Å². The van der Waals surface area contributed by atoms with Crippen LogP contribution in [-0.4, -0.2) is 5.11 Å². The van der Waals surface area contributed by atoms with Crippen molar-refractivity contribution in [3.05, 3.63) is 35.9 Å².